The van der Waals surface area contributed by atoms with E-state index in [4.69, 9.17) is 0 Å². The zero-order chi connectivity index (χ0) is 22.2. The van der Waals surface area contributed by atoms with E-state index >= 15 is 0 Å². The van der Waals surface area contributed by atoms with Gasteiger partial charge in [-0.3, -0.25) is 0 Å². The van der Waals surface area contributed by atoms with E-state index in [2.05, 4.69) is 5.32 Å². The molecular weight excluding hydrogens is 459 g/mol. The van der Waals surface area contributed by atoms with Crippen molar-refractivity contribution in [2.45, 2.75) is 61.4 Å². The van der Waals surface area contributed by atoms with Crippen molar-refractivity contribution in [3.05, 3.63) is 4.13 Å². The summed E-state index contributed by atoms with van der Waals surface area (Å²) >= 11 is 0. The lowest BCUT2D eigenvalue weighted by atomic mass is 9.96. The van der Waals surface area contributed by atoms with Crippen LogP contribution in [0, 0.1) is 0 Å². The molecule has 0 unspecified atom stereocenters. The molecule has 17 heteroatoms. The Morgan fingerprint density at radius 3 is 1.68 bits per heavy atom. The van der Waals surface area contributed by atoms with Crippen molar-refractivity contribution in [1.29, 1.82) is 0 Å². The third kappa shape index (κ3) is 4.84. The number of sulfonamides is 2. The maximum absolute atomic E-state index is 13.4. The second-order valence-electron chi connectivity index (χ2n) is 5.98. The molecule has 0 aromatic rings. The third-order valence-corrected chi connectivity index (χ3v) is 6.94. The highest BCUT2D eigenvalue weighted by molar-refractivity contribution is 8.12. The van der Waals surface area contributed by atoms with Gasteiger partial charge in [0.1, 0.15) is 0 Å². The lowest BCUT2D eigenvalue weighted by Crippen LogP contribution is -2.63. The Balaban J connectivity index is 3.05. The molecule has 0 radical (unpaired) electrons. The van der Waals surface area contributed by atoms with Crippen LogP contribution in [0.5, 0.6) is 0 Å². The average Bonchev–Trinajstić information content (AvgIpc) is 2.51. The first kappa shape index (κ1) is 25.2. The molecule has 1 rings (SSSR count). The first-order chi connectivity index (χ1) is 12.3. The maximum atomic E-state index is 13.4. The van der Waals surface area contributed by atoms with Crippen LogP contribution in [-0.4, -0.2) is 52.0 Å². The summed E-state index contributed by atoms with van der Waals surface area (Å²) in [6.07, 6.45) is -4.27. The SMILES string of the molecule is O=S(=O)(CNC1CCCCC1)[N-]S(=O)(=O)C(F)(F)C(F)(F)C(F)(F)C(F)(F)F. The van der Waals surface area contributed by atoms with E-state index in [9.17, 15) is 56.3 Å². The normalized spacial score (nSPS) is 19.0. The molecule has 0 saturated heterocycles. The Hall–Kier alpha value is -0.810. The highest BCUT2D eigenvalue weighted by Crippen LogP contribution is 2.55. The van der Waals surface area contributed by atoms with Crippen molar-refractivity contribution in [3.63, 3.8) is 0 Å². The van der Waals surface area contributed by atoms with E-state index < -0.39 is 55.2 Å². The molecule has 168 valence electrons. The molecular formula is C11H14F9N2O4S2-. The van der Waals surface area contributed by atoms with Crippen molar-refractivity contribution >= 4 is 20.0 Å². The molecule has 0 aliphatic heterocycles. The fourth-order valence-corrected chi connectivity index (χ4v) is 4.96. The molecule has 0 spiro atoms. The molecule has 0 amide bonds. The molecule has 1 N–H and O–H groups in total. The zero-order valence-corrected chi connectivity index (χ0v) is 15.3. The van der Waals surface area contributed by atoms with Crippen molar-refractivity contribution in [2.24, 2.45) is 0 Å². The van der Waals surface area contributed by atoms with Crippen LogP contribution in [0.4, 0.5) is 39.5 Å². The van der Waals surface area contributed by atoms with Gasteiger partial charge in [-0.1, -0.05) is 19.3 Å². The summed E-state index contributed by atoms with van der Waals surface area (Å²) in [4.78, 5) is 0. The predicted molar refractivity (Wildman–Crippen MR) is 77.0 cm³/mol. The number of nitrogens with zero attached hydrogens (tertiary/aromatic N) is 1. The molecule has 0 aromatic carbocycles. The summed E-state index contributed by atoms with van der Waals surface area (Å²) in [5, 5.41) is -4.95. The minimum absolute atomic E-state index is 0.425. The lowest BCUT2D eigenvalue weighted by molar-refractivity contribution is -0.382. The Kier molecular flexibility index (Phi) is 7.02. The van der Waals surface area contributed by atoms with Crippen LogP contribution in [-0.2, 0) is 20.0 Å². The third-order valence-electron chi connectivity index (χ3n) is 3.81. The lowest BCUT2D eigenvalue weighted by Gasteiger charge is -2.36. The van der Waals surface area contributed by atoms with Crippen LogP contribution in [0.3, 0.4) is 0 Å². The van der Waals surface area contributed by atoms with Gasteiger partial charge in [-0.05, 0) is 12.8 Å². The zero-order valence-electron chi connectivity index (χ0n) is 13.6. The minimum Gasteiger partial charge on any atom is -0.430 e. The predicted octanol–water partition coefficient (Wildman–Crippen LogP) is 3.33. The van der Waals surface area contributed by atoms with E-state index in [1.54, 1.807) is 0 Å². The molecule has 28 heavy (non-hydrogen) atoms. The quantitative estimate of drug-likeness (QED) is 0.546. The first-order valence-corrected chi connectivity index (χ1v) is 10.5. The van der Waals surface area contributed by atoms with Gasteiger partial charge in [0.05, 0.1) is 15.9 Å². The Labute approximate surface area is 153 Å². The second kappa shape index (κ2) is 7.79. The molecule has 0 aromatic heterocycles. The highest BCUT2D eigenvalue weighted by atomic mass is 32.3. The molecule has 1 saturated carbocycles. The maximum Gasteiger partial charge on any atom is 0.460 e. The van der Waals surface area contributed by atoms with E-state index in [-0.39, 0.29) is 0 Å². The molecule has 1 aliphatic carbocycles. The van der Waals surface area contributed by atoms with E-state index in [1.165, 1.54) is 4.13 Å². The van der Waals surface area contributed by atoms with Crippen LogP contribution < -0.4 is 5.32 Å². The number of rotatable bonds is 8. The molecule has 1 aliphatic rings. The largest absolute Gasteiger partial charge is 0.460 e. The summed E-state index contributed by atoms with van der Waals surface area (Å²) in [5.41, 5.74) is 0. The highest BCUT2D eigenvalue weighted by Gasteiger charge is 2.84. The van der Waals surface area contributed by atoms with Gasteiger partial charge in [-0.15, -0.1) is 0 Å². The summed E-state index contributed by atoms with van der Waals surface area (Å²) in [6.45, 7) is 0. The molecule has 1 fully saturated rings. The summed E-state index contributed by atoms with van der Waals surface area (Å²) in [7, 11) is -12.8. The molecule has 0 atom stereocenters. The Bertz CT molecular complexity index is 759. The van der Waals surface area contributed by atoms with Gasteiger partial charge in [0.2, 0.25) is 0 Å². The minimum atomic E-state index is -7.53. The van der Waals surface area contributed by atoms with E-state index in [0.29, 0.717) is 25.7 Å². The molecule has 6 nitrogen and oxygen atoms in total. The Morgan fingerprint density at radius 1 is 0.786 bits per heavy atom. The smallest absolute Gasteiger partial charge is 0.430 e. The van der Waals surface area contributed by atoms with Crippen molar-refractivity contribution in [3.8, 4) is 0 Å². The fraction of sp³-hybridized carbons (Fsp3) is 1.00. The topological polar surface area (TPSA) is 94.4 Å². The number of nitrogens with one attached hydrogen (secondary N) is 1. The molecule has 0 heterocycles. The van der Waals surface area contributed by atoms with Crippen LogP contribution in [0.25, 0.3) is 4.13 Å². The van der Waals surface area contributed by atoms with Gasteiger partial charge in [-0.2, -0.15) is 39.5 Å². The van der Waals surface area contributed by atoms with Gasteiger partial charge < -0.3 is 9.44 Å². The van der Waals surface area contributed by atoms with Crippen LogP contribution in [0.1, 0.15) is 32.1 Å². The van der Waals surface area contributed by atoms with Crippen molar-refractivity contribution < 1.29 is 56.3 Å². The van der Waals surface area contributed by atoms with Crippen LogP contribution in [0.2, 0.25) is 0 Å². The van der Waals surface area contributed by atoms with Gasteiger partial charge in [-0.25, -0.2) is 16.8 Å². The monoisotopic (exact) mass is 473 g/mol. The number of hydrogen-bond donors (Lipinski definition) is 1. The van der Waals surface area contributed by atoms with Gasteiger partial charge in [0.15, 0.2) is 10.0 Å². The number of halogens is 9. The average molecular weight is 473 g/mol. The summed E-state index contributed by atoms with van der Waals surface area (Å²) in [6, 6.07) is -0.488. The van der Waals surface area contributed by atoms with Crippen molar-refractivity contribution in [1.82, 2.24) is 5.32 Å². The van der Waals surface area contributed by atoms with Gasteiger partial charge >= 0.3 is 23.3 Å². The first-order valence-electron chi connectivity index (χ1n) is 7.43. The van der Waals surface area contributed by atoms with Gasteiger partial charge in [0.25, 0.3) is 0 Å². The van der Waals surface area contributed by atoms with Gasteiger partial charge in [0, 0.05) is 6.04 Å². The summed E-state index contributed by atoms with van der Waals surface area (Å²) in [5.74, 6) is -16.4. The van der Waals surface area contributed by atoms with Crippen LogP contribution >= 0.6 is 0 Å². The van der Waals surface area contributed by atoms with E-state index in [1.807, 2.05) is 0 Å². The fourth-order valence-electron chi connectivity index (χ4n) is 2.28. The summed E-state index contributed by atoms with van der Waals surface area (Å²) < 4.78 is 162. The van der Waals surface area contributed by atoms with Crippen molar-refractivity contribution in [2.75, 3.05) is 5.88 Å². The van der Waals surface area contributed by atoms with E-state index in [0.717, 1.165) is 6.42 Å². The second-order valence-corrected chi connectivity index (χ2v) is 9.49. The standard InChI is InChI=1S/C11H14F9N2O4S2/c12-8(13,10(16,17)18)9(14,15)11(19,20)28(25,26)22-27(23,24)6-21-7-4-2-1-3-5-7/h7,21H,1-6H2/q-1. The molecule has 0 bridgehead atoms. The Morgan fingerprint density at radius 2 is 1.25 bits per heavy atom. The number of alkyl halides is 9. The number of hydrogen-bond acceptors (Lipinski definition) is 5. The van der Waals surface area contributed by atoms with Crippen LogP contribution in [0.15, 0.2) is 0 Å².